The summed E-state index contributed by atoms with van der Waals surface area (Å²) in [4.78, 5) is 22.3. The van der Waals surface area contributed by atoms with Crippen molar-refractivity contribution in [3.05, 3.63) is 34.1 Å². The van der Waals surface area contributed by atoms with Gasteiger partial charge in [0.15, 0.2) is 16.6 Å². The molecule has 0 saturated heterocycles. The van der Waals surface area contributed by atoms with Crippen LogP contribution < -0.4 is 20.3 Å². The molecule has 9 heteroatoms. The molecule has 0 amide bonds. The summed E-state index contributed by atoms with van der Waals surface area (Å²) in [5.74, 6) is 1.36. The summed E-state index contributed by atoms with van der Waals surface area (Å²) in [5, 5.41) is 4.97. The Bertz CT molecular complexity index is 974. The van der Waals surface area contributed by atoms with E-state index in [1.807, 2.05) is 32.3 Å². The van der Waals surface area contributed by atoms with Crippen LogP contribution in [0.3, 0.4) is 0 Å². The van der Waals surface area contributed by atoms with E-state index in [1.54, 1.807) is 0 Å². The number of nitrogens with zero attached hydrogens (tertiary/aromatic N) is 3. The summed E-state index contributed by atoms with van der Waals surface area (Å²) in [6.45, 7) is 10.5. The Kier molecular flexibility index (Phi) is 8.72. The van der Waals surface area contributed by atoms with Gasteiger partial charge in [-0.05, 0) is 64.5 Å². The van der Waals surface area contributed by atoms with Gasteiger partial charge < -0.3 is 34.5 Å². The number of ether oxygens (including phenoxy) is 2. The predicted octanol–water partition coefficient (Wildman–Crippen LogP) is 2.23. The highest BCUT2D eigenvalue weighted by Gasteiger charge is 2.17. The summed E-state index contributed by atoms with van der Waals surface area (Å²) in [6, 6.07) is 5.64. The molecule has 0 fully saturated rings. The monoisotopic (exact) mass is 461 g/mol. The lowest BCUT2D eigenvalue weighted by Gasteiger charge is -2.27. The van der Waals surface area contributed by atoms with Crippen LogP contribution in [-0.4, -0.2) is 85.0 Å². The van der Waals surface area contributed by atoms with Crippen LogP contribution in [-0.2, 0) is 6.54 Å². The van der Waals surface area contributed by atoms with Crippen LogP contribution in [0, 0.1) is 0 Å². The minimum Gasteiger partial charge on any atom is -0.454 e. The SMILES string of the molecule is CCN(CC)CCCNC(=S)N(CCN(C)C)Cc1cc2cc3c(cc2[nH]c1=O)OCO3. The molecule has 0 aliphatic carbocycles. The third-order valence-corrected chi connectivity index (χ3v) is 6.10. The lowest BCUT2D eigenvalue weighted by molar-refractivity contribution is 0.174. The molecular formula is C23H35N5O3S. The van der Waals surface area contributed by atoms with E-state index in [2.05, 4.69) is 38.8 Å². The molecule has 2 N–H and O–H groups in total. The van der Waals surface area contributed by atoms with E-state index < -0.39 is 0 Å². The highest BCUT2D eigenvalue weighted by molar-refractivity contribution is 7.80. The molecule has 0 radical (unpaired) electrons. The van der Waals surface area contributed by atoms with Gasteiger partial charge in [-0.3, -0.25) is 4.79 Å². The summed E-state index contributed by atoms with van der Waals surface area (Å²) in [7, 11) is 4.06. The fraction of sp³-hybridized carbons (Fsp3) is 0.565. The maximum atomic E-state index is 12.8. The van der Waals surface area contributed by atoms with Gasteiger partial charge >= 0.3 is 0 Å². The largest absolute Gasteiger partial charge is 0.454 e. The first-order valence-electron chi connectivity index (χ1n) is 11.3. The Morgan fingerprint density at radius 3 is 2.50 bits per heavy atom. The highest BCUT2D eigenvalue weighted by Crippen LogP contribution is 2.35. The van der Waals surface area contributed by atoms with Crippen LogP contribution in [0.25, 0.3) is 10.9 Å². The van der Waals surface area contributed by atoms with E-state index in [4.69, 9.17) is 21.7 Å². The minimum absolute atomic E-state index is 0.115. The van der Waals surface area contributed by atoms with E-state index in [1.165, 1.54) is 0 Å². The fourth-order valence-electron chi connectivity index (χ4n) is 3.69. The van der Waals surface area contributed by atoms with Crippen LogP contribution >= 0.6 is 12.2 Å². The number of benzene rings is 1. The Morgan fingerprint density at radius 2 is 1.81 bits per heavy atom. The molecule has 32 heavy (non-hydrogen) atoms. The zero-order valence-electron chi connectivity index (χ0n) is 19.6. The number of aromatic nitrogens is 1. The number of aromatic amines is 1. The number of likely N-dealkylation sites (N-methyl/N-ethyl adjacent to an activating group) is 1. The lowest BCUT2D eigenvalue weighted by atomic mass is 10.1. The van der Waals surface area contributed by atoms with Crippen LogP contribution in [0.5, 0.6) is 11.5 Å². The van der Waals surface area contributed by atoms with Crippen LogP contribution in [0.4, 0.5) is 0 Å². The first kappa shape index (κ1) is 24.3. The first-order valence-corrected chi connectivity index (χ1v) is 11.7. The average Bonchev–Trinajstić information content (AvgIpc) is 3.22. The quantitative estimate of drug-likeness (QED) is 0.390. The Balaban J connectivity index is 1.70. The van der Waals surface area contributed by atoms with Gasteiger partial charge in [-0.1, -0.05) is 13.8 Å². The number of pyridine rings is 1. The van der Waals surface area contributed by atoms with Gasteiger partial charge in [-0.25, -0.2) is 0 Å². The molecule has 176 valence electrons. The van der Waals surface area contributed by atoms with Gasteiger partial charge in [0, 0.05) is 36.7 Å². The van der Waals surface area contributed by atoms with E-state index in [9.17, 15) is 4.79 Å². The molecule has 2 heterocycles. The van der Waals surface area contributed by atoms with Crippen molar-refractivity contribution in [2.45, 2.75) is 26.8 Å². The molecule has 2 aromatic rings. The van der Waals surface area contributed by atoms with E-state index in [0.29, 0.717) is 28.7 Å². The van der Waals surface area contributed by atoms with Crippen molar-refractivity contribution < 1.29 is 9.47 Å². The van der Waals surface area contributed by atoms with E-state index in [0.717, 1.165) is 56.6 Å². The number of nitrogens with one attached hydrogen (secondary N) is 2. The Morgan fingerprint density at radius 1 is 1.09 bits per heavy atom. The number of hydrogen-bond donors (Lipinski definition) is 2. The summed E-state index contributed by atoms with van der Waals surface area (Å²) in [5.41, 5.74) is 1.29. The van der Waals surface area contributed by atoms with E-state index >= 15 is 0 Å². The summed E-state index contributed by atoms with van der Waals surface area (Å²) in [6.07, 6.45) is 1.02. The van der Waals surface area contributed by atoms with Gasteiger partial charge in [-0.2, -0.15) is 0 Å². The second-order valence-corrected chi connectivity index (χ2v) is 8.64. The fourth-order valence-corrected chi connectivity index (χ4v) is 3.94. The van der Waals surface area contributed by atoms with Gasteiger partial charge in [0.2, 0.25) is 6.79 Å². The second-order valence-electron chi connectivity index (χ2n) is 8.25. The molecule has 0 atom stereocenters. The standard InChI is InChI=1S/C23H35N5O3S/c1-5-27(6-2)9-7-8-24-23(32)28(11-10-26(3)4)15-18-12-17-13-20-21(31-16-30-20)14-19(17)25-22(18)29/h12-14H,5-11,15-16H2,1-4H3,(H,24,32)(H,25,29). The average molecular weight is 462 g/mol. The Hall–Kier alpha value is -2.36. The molecule has 1 aliphatic heterocycles. The van der Waals surface area contributed by atoms with Gasteiger partial charge in [0.1, 0.15) is 0 Å². The van der Waals surface area contributed by atoms with Crippen molar-refractivity contribution in [3.63, 3.8) is 0 Å². The molecule has 3 rings (SSSR count). The summed E-state index contributed by atoms with van der Waals surface area (Å²) >= 11 is 5.70. The third kappa shape index (κ3) is 6.34. The van der Waals surface area contributed by atoms with Crippen molar-refractivity contribution >= 4 is 28.2 Å². The number of fused-ring (bicyclic) bond motifs is 2. The molecule has 8 nitrogen and oxygen atoms in total. The van der Waals surface area contributed by atoms with Crippen LogP contribution in [0.2, 0.25) is 0 Å². The number of rotatable bonds is 11. The van der Waals surface area contributed by atoms with Gasteiger partial charge in [-0.15, -0.1) is 0 Å². The molecule has 1 aromatic heterocycles. The molecular weight excluding hydrogens is 426 g/mol. The van der Waals surface area contributed by atoms with Crippen molar-refractivity contribution in [1.29, 1.82) is 0 Å². The molecule has 1 aromatic carbocycles. The Labute approximate surface area is 195 Å². The molecule has 0 unspecified atom stereocenters. The molecule has 0 spiro atoms. The maximum Gasteiger partial charge on any atom is 0.253 e. The maximum absolute atomic E-state index is 12.8. The molecule has 0 saturated carbocycles. The summed E-state index contributed by atoms with van der Waals surface area (Å²) < 4.78 is 10.9. The van der Waals surface area contributed by atoms with Crippen LogP contribution in [0.1, 0.15) is 25.8 Å². The number of H-pyrrole nitrogens is 1. The predicted molar refractivity (Wildman–Crippen MR) is 133 cm³/mol. The van der Waals surface area contributed by atoms with Crippen LogP contribution in [0.15, 0.2) is 23.0 Å². The molecule has 0 bridgehead atoms. The van der Waals surface area contributed by atoms with E-state index in [-0.39, 0.29) is 12.4 Å². The lowest BCUT2D eigenvalue weighted by Crippen LogP contribution is -2.44. The normalized spacial score (nSPS) is 12.7. The van der Waals surface area contributed by atoms with Gasteiger partial charge in [0.25, 0.3) is 5.56 Å². The smallest absolute Gasteiger partial charge is 0.253 e. The van der Waals surface area contributed by atoms with Gasteiger partial charge in [0.05, 0.1) is 12.1 Å². The topological polar surface area (TPSA) is 73.1 Å². The number of thiocarbonyl (C=S) groups is 1. The van der Waals surface area contributed by atoms with Crippen molar-refractivity contribution in [2.75, 3.05) is 60.2 Å². The zero-order chi connectivity index (χ0) is 23.1. The highest BCUT2D eigenvalue weighted by atomic mass is 32.1. The second kappa shape index (κ2) is 11.5. The van der Waals surface area contributed by atoms with Crippen molar-refractivity contribution in [2.24, 2.45) is 0 Å². The molecule has 1 aliphatic rings. The number of hydrogen-bond acceptors (Lipinski definition) is 6. The minimum atomic E-state index is -0.115. The van der Waals surface area contributed by atoms with Crippen molar-refractivity contribution in [3.8, 4) is 11.5 Å². The first-order chi connectivity index (χ1) is 15.4. The third-order valence-electron chi connectivity index (χ3n) is 5.70. The van der Waals surface area contributed by atoms with Crippen molar-refractivity contribution in [1.82, 2.24) is 25.0 Å². The zero-order valence-corrected chi connectivity index (χ0v) is 20.4.